The number of hydrogen-bond acceptors (Lipinski definition) is 8. The SMILES string of the molecule is C=C1c2c(sc(C(=O)O)c2C)N=C2CCCN12.C=CCC1CCn2c1nc1sc(C(=O)O)c(C)c1c2=O.CC(C)C. The second-order valence-electron chi connectivity index (χ2n) is 11.0. The summed E-state index contributed by atoms with van der Waals surface area (Å²) in [6.07, 6.45) is 5.55. The van der Waals surface area contributed by atoms with Crippen molar-refractivity contribution in [3.8, 4) is 0 Å². The highest BCUT2D eigenvalue weighted by Crippen LogP contribution is 2.45. The molecule has 1 atom stereocenters. The largest absolute Gasteiger partial charge is 0.477 e. The van der Waals surface area contributed by atoms with Crippen molar-refractivity contribution in [2.45, 2.75) is 72.8 Å². The van der Waals surface area contributed by atoms with Gasteiger partial charge in [-0.05, 0) is 50.2 Å². The molecule has 0 aliphatic carbocycles. The summed E-state index contributed by atoms with van der Waals surface area (Å²) in [4.78, 5) is 47.2. The van der Waals surface area contributed by atoms with E-state index >= 15 is 0 Å². The highest BCUT2D eigenvalue weighted by Gasteiger charge is 2.32. The van der Waals surface area contributed by atoms with Crippen LogP contribution in [0.5, 0.6) is 0 Å². The lowest BCUT2D eigenvalue weighted by Gasteiger charge is -2.25. The number of aromatic nitrogens is 2. The topological polar surface area (TPSA) is 125 Å². The summed E-state index contributed by atoms with van der Waals surface area (Å²) in [6.45, 7) is 19.4. The Bertz CT molecular complexity index is 1640. The number of allylic oxidation sites excluding steroid dienone is 1. The molecule has 6 heterocycles. The molecule has 0 saturated carbocycles. The monoisotopic (exact) mass is 596 g/mol. The van der Waals surface area contributed by atoms with Gasteiger partial charge in [0, 0.05) is 36.7 Å². The maximum atomic E-state index is 12.5. The molecule has 11 heteroatoms. The minimum absolute atomic E-state index is 0.113. The van der Waals surface area contributed by atoms with Gasteiger partial charge >= 0.3 is 11.9 Å². The number of nitrogens with zero attached hydrogens (tertiary/aromatic N) is 4. The molecule has 41 heavy (non-hydrogen) atoms. The maximum Gasteiger partial charge on any atom is 0.346 e. The molecule has 3 aliphatic rings. The lowest BCUT2D eigenvalue weighted by atomic mass is 10.0. The fourth-order valence-electron chi connectivity index (χ4n) is 5.24. The summed E-state index contributed by atoms with van der Waals surface area (Å²) >= 11 is 2.33. The summed E-state index contributed by atoms with van der Waals surface area (Å²) < 4.78 is 1.68. The second kappa shape index (κ2) is 12.1. The first-order valence-electron chi connectivity index (χ1n) is 13.7. The number of aryl methyl sites for hydroxylation is 1. The average Bonchev–Trinajstić information content (AvgIpc) is 3.66. The summed E-state index contributed by atoms with van der Waals surface area (Å²) in [5, 5.41) is 19.5. The molecule has 0 bridgehead atoms. The van der Waals surface area contributed by atoms with Gasteiger partial charge in [-0.2, -0.15) is 0 Å². The quantitative estimate of drug-likeness (QED) is 0.309. The third-order valence-corrected chi connectivity index (χ3v) is 9.40. The van der Waals surface area contributed by atoms with Crippen LogP contribution < -0.4 is 5.56 Å². The molecule has 1 saturated heterocycles. The van der Waals surface area contributed by atoms with E-state index in [2.05, 4.69) is 48.8 Å². The van der Waals surface area contributed by atoms with Gasteiger partial charge < -0.3 is 15.1 Å². The number of aliphatic imine (C=N–C) groups is 1. The molecule has 1 fully saturated rings. The number of hydrogen-bond donors (Lipinski definition) is 2. The molecule has 0 amide bonds. The molecule has 3 aromatic heterocycles. The molecule has 2 N–H and O–H groups in total. The van der Waals surface area contributed by atoms with E-state index < -0.39 is 11.9 Å². The minimum Gasteiger partial charge on any atom is -0.477 e. The van der Waals surface area contributed by atoms with Crippen LogP contribution in [-0.2, 0) is 6.54 Å². The Hall–Kier alpha value is -3.57. The van der Waals surface area contributed by atoms with Gasteiger partial charge in [0.25, 0.3) is 5.56 Å². The number of amidine groups is 1. The van der Waals surface area contributed by atoms with Gasteiger partial charge in [0.2, 0.25) is 0 Å². The number of carbonyl (C=O) groups is 2. The molecule has 1 unspecified atom stereocenters. The van der Waals surface area contributed by atoms with Gasteiger partial charge in [0.05, 0.1) is 5.39 Å². The normalized spacial score (nSPS) is 16.7. The summed E-state index contributed by atoms with van der Waals surface area (Å²) in [7, 11) is 0. The molecular weight excluding hydrogens is 560 g/mol. The first kappa shape index (κ1) is 30.4. The van der Waals surface area contributed by atoms with Crippen LogP contribution >= 0.6 is 22.7 Å². The Morgan fingerprint density at radius 2 is 1.73 bits per heavy atom. The van der Waals surface area contributed by atoms with E-state index in [0.717, 1.165) is 83.0 Å². The first-order chi connectivity index (χ1) is 19.4. The predicted molar refractivity (Wildman–Crippen MR) is 166 cm³/mol. The fraction of sp³-hybridized carbons (Fsp3) is 0.433. The van der Waals surface area contributed by atoms with Crippen LogP contribution in [-0.4, -0.2) is 49.0 Å². The molecule has 218 valence electrons. The van der Waals surface area contributed by atoms with Crippen LogP contribution in [0.3, 0.4) is 0 Å². The highest BCUT2D eigenvalue weighted by molar-refractivity contribution is 7.20. The van der Waals surface area contributed by atoms with E-state index in [9.17, 15) is 14.4 Å². The van der Waals surface area contributed by atoms with E-state index in [-0.39, 0.29) is 16.4 Å². The predicted octanol–water partition coefficient (Wildman–Crippen LogP) is 7.06. The van der Waals surface area contributed by atoms with Crippen molar-refractivity contribution in [3.63, 3.8) is 0 Å². The van der Waals surface area contributed by atoms with Gasteiger partial charge in [0.15, 0.2) is 0 Å². The van der Waals surface area contributed by atoms with Crippen molar-refractivity contribution in [3.05, 3.63) is 61.9 Å². The first-order valence-corrected chi connectivity index (χ1v) is 15.3. The Labute approximate surface area is 247 Å². The van der Waals surface area contributed by atoms with Crippen molar-refractivity contribution in [1.82, 2.24) is 14.5 Å². The lowest BCUT2D eigenvalue weighted by molar-refractivity contribution is 0.0690. The average molecular weight is 597 g/mol. The van der Waals surface area contributed by atoms with Gasteiger partial charge in [-0.15, -0.1) is 29.3 Å². The second-order valence-corrected chi connectivity index (χ2v) is 13.0. The van der Waals surface area contributed by atoms with E-state index in [1.54, 1.807) is 11.5 Å². The Balaban J connectivity index is 0.000000169. The molecule has 3 aromatic rings. The van der Waals surface area contributed by atoms with Crippen molar-refractivity contribution >= 4 is 61.4 Å². The van der Waals surface area contributed by atoms with Crippen LogP contribution in [0, 0.1) is 19.8 Å². The minimum atomic E-state index is -1.00. The Morgan fingerprint density at radius 3 is 2.34 bits per heavy atom. The third kappa shape index (κ3) is 5.78. The highest BCUT2D eigenvalue weighted by atomic mass is 32.1. The molecule has 0 aromatic carbocycles. The molecular formula is C30H36N4O5S2. The van der Waals surface area contributed by atoms with Gasteiger partial charge in [-0.3, -0.25) is 9.36 Å². The smallest absolute Gasteiger partial charge is 0.346 e. The van der Waals surface area contributed by atoms with Crippen molar-refractivity contribution in [1.29, 1.82) is 0 Å². The van der Waals surface area contributed by atoms with Crippen LogP contribution in [0.4, 0.5) is 5.00 Å². The maximum absolute atomic E-state index is 12.5. The summed E-state index contributed by atoms with van der Waals surface area (Å²) in [5.74, 6) is 0.953. The molecule has 0 spiro atoms. The number of thiophene rings is 2. The number of fused-ring (bicyclic) bond motifs is 4. The zero-order valence-electron chi connectivity index (χ0n) is 24.1. The van der Waals surface area contributed by atoms with E-state index in [4.69, 9.17) is 10.2 Å². The number of carboxylic acid groups (broad SMARTS) is 2. The van der Waals surface area contributed by atoms with Crippen LogP contribution in [0.15, 0.2) is 29.0 Å². The fourth-order valence-corrected chi connectivity index (χ4v) is 7.32. The van der Waals surface area contributed by atoms with E-state index in [1.165, 1.54) is 11.3 Å². The molecule has 3 aliphatic heterocycles. The van der Waals surface area contributed by atoms with E-state index in [0.29, 0.717) is 27.2 Å². The number of aromatic carboxylic acids is 2. The lowest BCUT2D eigenvalue weighted by Crippen LogP contribution is -2.25. The van der Waals surface area contributed by atoms with E-state index in [1.807, 2.05) is 13.0 Å². The van der Waals surface area contributed by atoms with Gasteiger partial charge in [0.1, 0.15) is 31.2 Å². The summed E-state index contributed by atoms with van der Waals surface area (Å²) in [5.41, 5.74) is 3.02. The van der Waals surface area contributed by atoms with Crippen molar-refractivity contribution in [2.75, 3.05) is 6.54 Å². The van der Waals surface area contributed by atoms with Crippen LogP contribution in [0.25, 0.3) is 15.9 Å². The van der Waals surface area contributed by atoms with Crippen LogP contribution in [0.1, 0.15) is 94.2 Å². The summed E-state index contributed by atoms with van der Waals surface area (Å²) in [6, 6.07) is 0. The zero-order valence-corrected chi connectivity index (χ0v) is 25.7. The third-order valence-electron chi connectivity index (χ3n) is 7.05. The van der Waals surface area contributed by atoms with Crippen molar-refractivity contribution < 1.29 is 19.8 Å². The Kier molecular flexibility index (Phi) is 8.98. The number of carboxylic acids is 2. The number of rotatable bonds is 4. The van der Waals surface area contributed by atoms with Crippen LogP contribution in [0.2, 0.25) is 0 Å². The van der Waals surface area contributed by atoms with Gasteiger partial charge in [-0.1, -0.05) is 33.4 Å². The molecule has 9 nitrogen and oxygen atoms in total. The van der Waals surface area contributed by atoms with Crippen molar-refractivity contribution in [2.24, 2.45) is 10.9 Å². The Morgan fingerprint density at radius 1 is 1.10 bits per heavy atom. The zero-order chi connectivity index (χ0) is 30.2. The molecule has 0 radical (unpaired) electrons. The van der Waals surface area contributed by atoms with Gasteiger partial charge in [-0.25, -0.2) is 19.6 Å². The standard InChI is InChI=1S/C14H14N2O3S.C12H12N2O2S.C4H10/c1-3-4-8-5-6-16-11(8)15-12-9(13(16)17)7(2)10(20-12)14(18)19;1-6-9-7(2)14-5-3-4-8(14)13-11(9)17-10(6)12(15)16;1-4(2)3/h3,8H,1,4-6H2,2H3,(H,18,19);2-5H2,1H3,(H,15,16);4H,1-3H3. The molecule has 6 rings (SSSR count).